The molecule has 46 heavy (non-hydrogen) atoms. The SMILES string of the molecule is CC(C)C[C@@H](N)C(=O)N[C@@H](C(=O)N[C@H](Cc1ccccc1)C(=O)N[C@H](Cc1ccccc1)C(=O)N[C@H](C)C(=O)NC(C)C)C(C)C. The van der Waals surface area contributed by atoms with E-state index in [1.54, 1.807) is 20.8 Å². The molecule has 0 aliphatic carbocycles. The van der Waals surface area contributed by atoms with Gasteiger partial charge in [0.1, 0.15) is 24.2 Å². The zero-order chi connectivity index (χ0) is 34.4. The van der Waals surface area contributed by atoms with Crippen LogP contribution in [0.3, 0.4) is 0 Å². The molecule has 0 heterocycles. The Bertz CT molecular complexity index is 1280. The highest BCUT2D eigenvalue weighted by molar-refractivity contribution is 5.96. The highest BCUT2D eigenvalue weighted by atomic mass is 16.2. The molecule has 5 amide bonds. The van der Waals surface area contributed by atoms with Crippen molar-refractivity contribution >= 4 is 29.5 Å². The summed E-state index contributed by atoms with van der Waals surface area (Å²) in [6.45, 7) is 12.7. The Balaban J connectivity index is 2.33. The van der Waals surface area contributed by atoms with E-state index in [1.165, 1.54) is 0 Å². The summed E-state index contributed by atoms with van der Waals surface area (Å²) >= 11 is 0. The minimum atomic E-state index is -1.08. The van der Waals surface area contributed by atoms with Crippen LogP contribution in [0.2, 0.25) is 0 Å². The molecule has 2 rings (SSSR count). The number of hydrogen-bond donors (Lipinski definition) is 6. The highest BCUT2D eigenvalue weighted by Crippen LogP contribution is 2.10. The smallest absolute Gasteiger partial charge is 0.243 e. The van der Waals surface area contributed by atoms with Gasteiger partial charge in [-0.15, -0.1) is 0 Å². The van der Waals surface area contributed by atoms with Crippen molar-refractivity contribution in [1.82, 2.24) is 26.6 Å². The van der Waals surface area contributed by atoms with E-state index in [0.29, 0.717) is 6.42 Å². The monoisotopic (exact) mass is 636 g/mol. The quantitative estimate of drug-likeness (QED) is 0.155. The van der Waals surface area contributed by atoms with E-state index in [1.807, 2.05) is 88.4 Å². The van der Waals surface area contributed by atoms with Gasteiger partial charge in [-0.05, 0) is 50.2 Å². The highest BCUT2D eigenvalue weighted by Gasteiger charge is 2.32. The fourth-order valence-corrected chi connectivity index (χ4v) is 4.85. The van der Waals surface area contributed by atoms with Crippen molar-refractivity contribution in [2.24, 2.45) is 17.6 Å². The van der Waals surface area contributed by atoms with Gasteiger partial charge in [-0.3, -0.25) is 24.0 Å². The largest absolute Gasteiger partial charge is 0.352 e. The van der Waals surface area contributed by atoms with E-state index in [9.17, 15) is 24.0 Å². The summed E-state index contributed by atoms with van der Waals surface area (Å²) in [4.78, 5) is 66.4. The first-order valence-electron chi connectivity index (χ1n) is 16.0. The van der Waals surface area contributed by atoms with Gasteiger partial charge in [0.25, 0.3) is 0 Å². The maximum atomic E-state index is 13.9. The van der Waals surface area contributed by atoms with Gasteiger partial charge in [0, 0.05) is 18.9 Å². The lowest BCUT2D eigenvalue weighted by Crippen LogP contribution is -2.60. The lowest BCUT2D eigenvalue weighted by Gasteiger charge is -2.28. The molecule has 0 aliphatic rings. The van der Waals surface area contributed by atoms with Gasteiger partial charge in [0.15, 0.2) is 0 Å². The number of rotatable bonds is 17. The average molecular weight is 637 g/mol. The van der Waals surface area contributed by atoms with Crippen LogP contribution in [-0.2, 0) is 36.8 Å². The lowest BCUT2D eigenvalue weighted by atomic mass is 9.99. The Morgan fingerprint density at radius 1 is 0.565 bits per heavy atom. The summed E-state index contributed by atoms with van der Waals surface area (Å²) in [6, 6.07) is 13.6. The number of carbonyl (C=O) groups excluding carboxylic acids is 5. The molecule has 0 bridgehead atoms. The molecule has 2 aromatic rings. The number of nitrogens with one attached hydrogen (secondary N) is 5. The molecule has 252 valence electrons. The predicted octanol–water partition coefficient (Wildman–Crippen LogP) is 1.98. The van der Waals surface area contributed by atoms with Gasteiger partial charge in [-0.1, -0.05) is 88.4 Å². The fourth-order valence-electron chi connectivity index (χ4n) is 4.85. The van der Waals surface area contributed by atoms with Crippen molar-refractivity contribution in [3.8, 4) is 0 Å². The van der Waals surface area contributed by atoms with E-state index < -0.39 is 53.8 Å². The van der Waals surface area contributed by atoms with Crippen LogP contribution >= 0.6 is 0 Å². The van der Waals surface area contributed by atoms with Gasteiger partial charge in [-0.25, -0.2) is 0 Å². The minimum Gasteiger partial charge on any atom is -0.352 e. The van der Waals surface area contributed by atoms with Crippen LogP contribution in [0.25, 0.3) is 0 Å². The maximum absolute atomic E-state index is 13.9. The molecule has 0 spiro atoms. The second-order valence-corrected chi connectivity index (χ2v) is 12.9. The normalized spacial score (nSPS) is 14.5. The van der Waals surface area contributed by atoms with Crippen LogP contribution in [0.1, 0.15) is 66.0 Å². The Morgan fingerprint density at radius 2 is 1.02 bits per heavy atom. The third-order valence-corrected chi connectivity index (χ3v) is 7.32. The summed E-state index contributed by atoms with van der Waals surface area (Å²) in [5, 5.41) is 13.9. The molecule has 0 aromatic heterocycles. The number of nitrogens with two attached hydrogens (primary N) is 1. The third kappa shape index (κ3) is 13.0. The van der Waals surface area contributed by atoms with Gasteiger partial charge in [-0.2, -0.15) is 0 Å². The van der Waals surface area contributed by atoms with Crippen LogP contribution in [0.5, 0.6) is 0 Å². The second kappa shape index (κ2) is 18.7. The van der Waals surface area contributed by atoms with Gasteiger partial charge in [0.2, 0.25) is 29.5 Å². The lowest BCUT2D eigenvalue weighted by molar-refractivity contribution is -0.135. The van der Waals surface area contributed by atoms with Crippen molar-refractivity contribution in [3.63, 3.8) is 0 Å². The number of benzene rings is 2. The van der Waals surface area contributed by atoms with Crippen molar-refractivity contribution in [1.29, 1.82) is 0 Å². The van der Waals surface area contributed by atoms with Crippen LogP contribution in [-0.4, -0.2) is 65.8 Å². The molecule has 0 unspecified atom stereocenters. The first kappa shape index (κ1) is 37.9. The van der Waals surface area contributed by atoms with E-state index >= 15 is 0 Å². The Labute approximate surface area is 273 Å². The molecule has 2 aromatic carbocycles. The summed E-state index contributed by atoms with van der Waals surface area (Å²) in [5.41, 5.74) is 7.66. The summed E-state index contributed by atoms with van der Waals surface area (Å²) in [7, 11) is 0. The molecule has 7 N–H and O–H groups in total. The topological polar surface area (TPSA) is 172 Å². The van der Waals surface area contributed by atoms with Crippen LogP contribution in [0.15, 0.2) is 60.7 Å². The standard InChI is InChI=1S/C35H52N6O5/c1-21(2)18-27(36)32(43)41-30(22(3)4)35(46)40-29(20-26-16-12-9-13-17-26)34(45)39-28(19-25-14-10-8-11-15-25)33(44)38-24(7)31(42)37-23(5)6/h8-17,21-24,27-30H,18-20,36H2,1-7H3,(H,37,42)(H,38,44)(H,39,45)(H,40,46)(H,41,43)/t24-,27-,28-,29-,30-/m1/s1. The van der Waals surface area contributed by atoms with Crippen LogP contribution in [0, 0.1) is 11.8 Å². The van der Waals surface area contributed by atoms with E-state index in [2.05, 4.69) is 26.6 Å². The number of hydrogen-bond acceptors (Lipinski definition) is 6. The molecule has 0 radical (unpaired) electrons. The number of carbonyl (C=O) groups is 5. The van der Waals surface area contributed by atoms with Crippen molar-refractivity contribution < 1.29 is 24.0 Å². The van der Waals surface area contributed by atoms with Gasteiger partial charge in [0.05, 0.1) is 6.04 Å². The Morgan fingerprint density at radius 3 is 1.46 bits per heavy atom. The van der Waals surface area contributed by atoms with Crippen molar-refractivity contribution in [2.75, 3.05) is 0 Å². The van der Waals surface area contributed by atoms with Gasteiger partial charge >= 0.3 is 0 Å². The molecule has 0 fully saturated rings. The summed E-state index contributed by atoms with van der Waals surface area (Å²) < 4.78 is 0. The van der Waals surface area contributed by atoms with Crippen LogP contribution < -0.4 is 32.3 Å². The fraction of sp³-hybridized carbons (Fsp3) is 0.514. The van der Waals surface area contributed by atoms with E-state index in [0.717, 1.165) is 11.1 Å². The molecule has 5 atom stereocenters. The Kier molecular flexibility index (Phi) is 15.4. The molecule has 0 saturated heterocycles. The second-order valence-electron chi connectivity index (χ2n) is 12.9. The van der Waals surface area contributed by atoms with E-state index in [-0.39, 0.29) is 36.6 Å². The minimum absolute atomic E-state index is 0.112. The first-order valence-corrected chi connectivity index (χ1v) is 16.0. The Hall–Kier alpha value is -4.25. The summed E-state index contributed by atoms with van der Waals surface area (Å²) in [6.07, 6.45) is 0.748. The zero-order valence-electron chi connectivity index (χ0n) is 28.1. The molecule has 0 aliphatic heterocycles. The molecular weight excluding hydrogens is 584 g/mol. The maximum Gasteiger partial charge on any atom is 0.243 e. The third-order valence-electron chi connectivity index (χ3n) is 7.32. The average Bonchev–Trinajstić information content (AvgIpc) is 2.99. The molecule has 0 saturated carbocycles. The zero-order valence-corrected chi connectivity index (χ0v) is 28.1. The van der Waals surface area contributed by atoms with Crippen molar-refractivity contribution in [3.05, 3.63) is 71.8 Å². The predicted molar refractivity (Wildman–Crippen MR) is 179 cm³/mol. The molecular formula is C35H52N6O5. The number of amides is 5. The molecule has 11 nitrogen and oxygen atoms in total. The van der Waals surface area contributed by atoms with Crippen molar-refractivity contribution in [2.45, 2.75) is 104 Å². The van der Waals surface area contributed by atoms with Gasteiger partial charge < -0.3 is 32.3 Å². The summed E-state index contributed by atoms with van der Waals surface area (Å²) in [5.74, 6) is -2.57. The van der Waals surface area contributed by atoms with E-state index in [4.69, 9.17) is 5.73 Å². The molecule has 11 heteroatoms. The first-order chi connectivity index (χ1) is 21.7. The van der Waals surface area contributed by atoms with Crippen LogP contribution in [0.4, 0.5) is 0 Å².